The number of benzene rings is 2. The fourth-order valence-electron chi connectivity index (χ4n) is 2.42. The number of para-hydroxylation sites is 2. The van der Waals surface area contributed by atoms with Crippen molar-refractivity contribution in [1.82, 2.24) is 0 Å². The second-order valence-electron chi connectivity index (χ2n) is 4.64. The molecule has 2 aromatic carbocycles. The summed E-state index contributed by atoms with van der Waals surface area (Å²) in [6.45, 7) is 0. The van der Waals surface area contributed by atoms with Gasteiger partial charge in [-0.3, -0.25) is 0 Å². The Labute approximate surface area is 115 Å². The number of hydrogen-bond donors (Lipinski definition) is 0. The van der Waals surface area contributed by atoms with Crippen LogP contribution in [0.15, 0.2) is 63.4 Å². The third kappa shape index (κ3) is 1.60. The molecule has 0 saturated heterocycles. The number of rotatable bonds is 2. The summed E-state index contributed by atoms with van der Waals surface area (Å²) in [7, 11) is 1.64. The second-order valence-corrected chi connectivity index (χ2v) is 4.64. The zero-order valence-electron chi connectivity index (χ0n) is 10.9. The summed E-state index contributed by atoms with van der Waals surface area (Å²) in [6.07, 6.45) is 0. The molecule has 20 heavy (non-hydrogen) atoms. The molecular formula is C17H12O3. The maximum atomic E-state index is 5.89. The van der Waals surface area contributed by atoms with Crippen molar-refractivity contribution in [3.05, 3.63) is 54.6 Å². The van der Waals surface area contributed by atoms with Crippen molar-refractivity contribution in [3.63, 3.8) is 0 Å². The summed E-state index contributed by atoms with van der Waals surface area (Å²) >= 11 is 0. The summed E-state index contributed by atoms with van der Waals surface area (Å²) < 4.78 is 17.0. The highest BCUT2D eigenvalue weighted by Crippen LogP contribution is 2.35. The minimum atomic E-state index is 0.709. The van der Waals surface area contributed by atoms with E-state index >= 15 is 0 Å². The van der Waals surface area contributed by atoms with Gasteiger partial charge in [0.25, 0.3) is 0 Å². The van der Waals surface area contributed by atoms with Gasteiger partial charge >= 0.3 is 0 Å². The van der Waals surface area contributed by atoms with Gasteiger partial charge in [0, 0.05) is 10.8 Å². The Morgan fingerprint density at radius 1 is 0.800 bits per heavy atom. The van der Waals surface area contributed by atoms with E-state index in [1.54, 1.807) is 7.11 Å². The van der Waals surface area contributed by atoms with E-state index in [1.165, 1.54) is 0 Å². The van der Waals surface area contributed by atoms with E-state index in [-0.39, 0.29) is 0 Å². The number of furan rings is 2. The van der Waals surface area contributed by atoms with Crippen LogP contribution in [0.5, 0.6) is 5.75 Å². The Kier molecular flexibility index (Phi) is 2.33. The molecule has 0 unspecified atom stereocenters. The fraction of sp³-hybridized carbons (Fsp3) is 0.0588. The third-order valence-corrected chi connectivity index (χ3v) is 3.40. The van der Waals surface area contributed by atoms with Crippen LogP contribution >= 0.6 is 0 Å². The molecule has 4 rings (SSSR count). The Morgan fingerprint density at radius 3 is 2.40 bits per heavy atom. The lowest BCUT2D eigenvalue weighted by Crippen LogP contribution is -1.81. The van der Waals surface area contributed by atoms with E-state index in [2.05, 4.69) is 0 Å². The van der Waals surface area contributed by atoms with E-state index in [9.17, 15) is 0 Å². The van der Waals surface area contributed by atoms with Gasteiger partial charge in [0.05, 0.1) is 7.11 Å². The van der Waals surface area contributed by atoms with Crippen molar-refractivity contribution >= 4 is 21.9 Å². The van der Waals surface area contributed by atoms with Gasteiger partial charge in [-0.2, -0.15) is 0 Å². The maximum absolute atomic E-state index is 5.89. The molecule has 0 bridgehead atoms. The first-order valence-corrected chi connectivity index (χ1v) is 6.40. The minimum absolute atomic E-state index is 0.709. The second kappa shape index (κ2) is 4.17. The van der Waals surface area contributed by atoms with Crippen LogP contribution in [0.4, 0.5) is 0 Å². The summed E-state index contributed by atoms with van der Waals surface area (Å²) in [6, 6.07) is 17.7. The number of ether oxygens (including phenoxy) is 1. The van der Waals surface area contributed by atoms with E-state index in [0.29, 0.717) is 5.76 Å². The zero-order valence-corrected chi connectivity index (χ0v) is 10.9. The van der Waals surface area contributed by atoms with Gasteiger partial charge in [-0.25, -0.2) is 0 Å². The Morgan fingerprint density at radius 2 is 1.55 bits per heavy atom. The molecule has 0 saturated carbocycles. The van der Waals surface area contributed by atoms with E-state index in [1.807, 2.05) is 54.6 Å². The van der Waals surface area contributed by atoms with Crippen LogP contribution in [-0.4, -0.2) is 7.11 Å². The molecular weight excluding hydrogens is 252 g/mol. The largest absolute Gasteiger partial charge is 0.493 e. The third-order valence-electron chi connectivity index (χ3n) is 3.40. The van der Waals surface area contributed by atoms with E-state index < -0.39 is 0 Å². The molecule has 0 radical (unpaired) electrons. The molecule has 0 atom stereocenters. The summed E-state index contributed by atoms with van der Waals surface area (Å²) in [5.74, 6) is 2.16. The molecule has 0 aliphatic rings. The highest BCUT2D eigenvalue weighted by atomic mass is 16.5. The summed E-state index contributed by atoms with van der Waals surface area (Å²) in [5.41, 5.74) is 1.60. The van der Waals surface area contributed by atoms with Gasteiger partial charge in [0.1, 0.15) is 5.58 Å². The summed E-state index contributed by atoms with van der Waals surface area (Å²) in [4.78, 5) is 0. The molecule has 0 aliphatic heterocycles. The number of methoxy groups -OCH3 is 1. The molecule has 2 aromatic heterocycles. The quantitative estimate of drug-likeness (QED) is 0.519. The van der Waals surface area contributed by atoms with Crippen LogP contribution in [0.25, 0.3) is 33.5 Å². The van der Waals surface area contributed by atoms with Crippen LogP contribution in [-0.2, 0) is 0 Å². The van der Waals surface area contributed by atoms with Crippen LogP contribution in [0.1, 0.15) is 0 Å². The average molecular weight is 264 g/mol. The van der Waals surface area contributed by atoms with Gasteiger partial charge in [0.2, 0.25) is 0 Å². The molecule has 3 nitrogen and oxygen atoms in total. The normalized spacial score (nSPS) is 11.2. The molecule has 0 spiro atoms. The molecule has 0 amide bonds. The lowest BCUT2D eigenvalue weighted by Gasteiger charge is -1.98. The van der Waals surface area contributed by atoms with Crippen molar-refractivity contribution in [2.75, 3.05) is 7.11 Å². The van der Waals surface area contributed by atoms with Gasteiger partial charge in [0.15, 0.2) is 22.9 Å². The van der Waals surface area contributed by atoms with Crippen LogP contribution in [0, 0.1) is 0 Å². The van der Waals surface area contributed by atoms with E-state index in [0.717, 1.165) is 33.4 Å². The van der Waals surface area contributed by atoms with E-state index in [4.69, 9.17) is 13.6 Å². The zero-order chi connectivity index (χ0) is 13.5. The Hall–Kier alpha value is -2.68. The van der Waals surface area contributed by atoms with Crippen LogP contribution < -0.4 is 4.74 Å². The smallest absolute Gasteiger partial charge is 0.176 e. The predicted octanol–water partition coefficient (Wildman–Crippen LogP) is 4.85. The molecule has 98 valence electrons. The fourth-order valence-corrected chi connectivity index (χ4v) is 2.42. The molecule has 0 aliphatic carbocycles. The summed E-state index contributed by atoms with van der Waals surface area (Å²) in [5, 5.41) is 2.06. The van der Waals surface area contributed by atoms with Crippen molar-refractivity contribution in [2.45, 2.75) is 0 Å². The van der Waals surface area contributed by atoms with Crippen LogP contribution in [0.2, 0.25) is 0 Å². The predicted molar refractivity (Wildman–Crippen MR) is 78.0 cm³/mol. The molecule has 2 heterocycles. The number of fused-ring (bicyclic) bond motifs is 2. The lowest BCUT2D eigenvalue weighted by atomic mass is 10.2. The van der Waals surface area contributed by atoms with Crippen molar-refractivity contribution < 1.29 is 13.6 Å². The first kappa shape index (κ1) is 11.2. The van der Waals surface area contributed by atoms with Crippen LogP contribution in [0.3, 0.4) is 0 Å². The van der Waals surface area contributed by atoms with Crippen molar-refractivity contribution in [3.8, 4) is 17.3 Å². The standard InChI is InChI=1S/C17H12O3/c1-18-14-8-4-6-12-10-16(20-17(12)14)15-9-11-5-2-3-7-13(11)19-15/h2-10H,1H3. The Balaban J connectivity index is 1.93. The first-order chi connectivity index (χ1) is 9.85. The minimum Gasteiger partial charge on any atom is -0.493 e. The molecule has 4 aromatic rings. The first-order valence-electron chi connectivity index (χ1n) is 6.40. The maximum Gasteiger partial charge on any atom is 0.176 e. The average Bonchev–Trinajstić information content (AvgIpc) is 3.09. The van der Waals surface area contributed by atoms with Gasteiger partial charge < -0.3 is 13.6 Å². The Bertz CT molecular complexity index is 866. The SMILES string of the molecule is COc1cccc2cc(-c3cc4ccccc4o3)oc12. The van der Waals surface area contributed by atoms with Crippen molar-refractivity contribution in [2.24, 2.45) is 0 Å². The topological polar surface area (TPSA) is 35.5 Å². The van der Waals surface area contributed by atoms with Gasteiger partial charge in [-0.1, -0.05) is 30.3 Å². The highest BCUT2D eigenvalue weighted by molar-refractivity contribution is 5.88. The van der Waals surface area contributed by atoms with Gasteiger partial charge in [-0.05, 0) is 24.3 Å². The highest BCUT2D eigenvalue weighted by Gasteiger charge is 2.13. The molecule has 0 fully saturated rings. The number of hydrogen-bond acceptors (Lipinski definition) is 3. The van der Waals surface area contributed by atoms with Crippen molar-refractivity contribution in [1.29, 1.82) is 0 Å². The lowest BCUT2D eigenvalue weighted by molar-refractivity contribution is 0.410. The molecule has 0 N–H and O–H groups in total. The monoisotopic (exact) mass is 264 g/mol. The van der Waals surface area contributed by atoms with Gasteiger partial charge in [-0.15, -0.1) is 0 Å². The molecule has 3 heteroatoms.